The predicted molar refractivity (Wildman–Crippen MR) is 105 cm³/mol. The van der Waals surface area contributed by atoms with Crippen molar-refractivity contribution < 1.29 is 14.7 Å². The maximum absolute atomic E-state index is 12.9. The van der Waals surface area contributed by atoms with Gasteiger partial charge in [-0.15, -0.1) is 0 Å². The van der Waals surface area contributed by atoms with E-state index >= 15 is 0 Å². The maximum Gasteiger partial charge on any atom is 0.339 e. The number of benzene rings is 1. The van der Waals surface area contributed by atoms with Gasteiger partial charge in [0.2, 0.25) is 5.91 Å². The van der Waals surface area contributed by atoms with Crippen molar-refractivity contribution in [2.24, 2.45) is 0 Å². The van der Waals surface area contributed by atoms with Crippen LogP contribution in [-0.2, 0) is 11.3 Å². The first kappa shape index (κ1) is 18.3. The molecule has 4 rings (SSSR count). The number of fused-ring (bicyclic) bond motifs is 1. The number of hydrogen-bond donors (Lipinski definition) is 1. The zero-order chi connectivity index (χ0) is 19.8. The number of carbonyl (C=O) groups is 2. The maximum atomic E-state index is 12.9. The highest BCUT2D eigenvalue weighted by Gasteiger charge is 2.27. The molecule has 1 fully saturated rings. The van der Waals surface area contributed by atoms with Gasteiger partial charge in [0.25, 0.3) is 0 Å². The van der Waals surface area contributed by atoms with Gasteiger partial charge in [-0.3, -0.25) is 9.48 Å². The third kappa shape index (κ3) is 3.17. The Bertz CT molecular complexity index is 1040. The Morgan fingerprint density at radius 2 is 1.89 bits per heavy atom. The topological polar surface area (TPSA) is 80.4 Å². The van der Waals surface area contributed by atoms with E-state index in [1.807, 2.05) is 30.0 Å². The van der Waals surface area contributed by atoms with Crippen molar-refractivity contribution >= 4 is 22.8 Å². The van der Waals surface area contributed by atoms with Crippen LogP contribution >= 0.6 is 0 Å². The van der Waals surface area contributed by atoms with Crippen LogP contribution in [0.15, 0.2) is 36.5 Å². The van der Waals surface area contributed by atoms with Gasteiger partial charge >= 0.3 is 5.97 Å². The SMILES string of the molecule is Cc1c(C(=O)O)cnn1C1CCN(C(=O)Cn2c(C)cc3ccccc32)CC1. The first-order chi connectivity index (χ1) is 13.5. The summed E-state index contributed by atoms with van der Waals surface area (Å²) < 4.78 is 3.87. The van der Waals surface area contributed by atoms with E-state index in [1.54, 1.807) is 11.6 Å². The predicted octanol–water partition coefficient (Wildman–Crippen LogP) is 3.02. The molecule has 0 spiro atoms. The molecule has 1 aromatic carbocycles. The molecule has 7 heteroatoms. The highest BCUT2D eigenvalue weighted by Crippen LogP contribution is 2.25. The second-order valence-electron chi connectivity index (χ2n) is 7.44. The summed E-state index contributed by atoms with van der Waals surface area (Å²) in [6, 6.07) is 10.3. The molecule has 146 valence electrons. The number of carboxylic acids is 1. The molecule has 0 bridgehead atoms. The molecule has 7 nitrogen and oxygen atoms in total. The van der Waals surface area contributed by atoms with Crippen molar-refractivity contribution in [3.8, 4) is 0 Å². The number of aromatic nitrogens is 3. The Morgan fingerprint density at radius 3 is 2.57 bits per heavy atom. The van der Waals surface area contributed by atoms with Crippen LogP contribution in [0.2, 0.25) is 0 Å². The number of nitrogens with zero attached hydrogens (tertiary/aromatic N) is 4. The first-order valence-corrected chi connectivity index (χ1v) is 9.55. The molecule has 1 aliphatic rings. The molecule has 1 amide bonds. The van der Waals surface area contributed by atoms with Crippen LogP contribution < -0.4 is 0 Å². The monoisotopic (exact) mass is 380 g/mol. The van der Waals surface area contributed by atoms with Crippen LogP contribution in [0.4, 0.5) is 0 Å². The molecule has 1 N–H and O–H groups in total. The lowest BCUT2D eigenvalue weighted by molar-refractivity contribution is -0.133. The van der Waals surface area contributed by atoms with E-state index in [0.717, 1.165) is 29.4 Å². The van der Waals surface area contributed by atoms with E-state index in [4.69, 9.17) is 0 Å². The highest BCUT2D eigenvalue weighted by atomic mass is 16.4. The minimum Gasteiger partial charge on any atom is -0.478 e. The van der Waals surface area contributed by atoms with Crippen LogP contribution in [0.3, 0.4) is 0 Å². The molecule has 0 unspecified atom stereocenters. The third-order valence-corrected chi connectivity index (χ3v) is 5.75. The van der Waals surface area contributed by atoms with E-state index in [-0.39, 0.29) is 17.5 Å². The summed E-state index contributed by atoms with van der Waals surface area (Å²) in [6.45, 7) is 5.47. The minimum atomic E-state index is -0.953. The Morgan fingerprint density at radius 1 is 1.18 bits per heavy atom. The molecule has 0 aliphatic carbocycles. The second kappa shape index (κ2) is 7.14. The van der Waals surface area contributed by atoms with Gasteiger partial charge in [0.05, 0.1) is 17.9 Å². The summed E-state index contributed by atoms with van der Waals surface area (Å²) in [5.74, 6) is -0.836. The highest BCUT2D eigenvalue weighted by molar-refractivity contribution is 5.88. The number of rotatable bonds is 4. The number of piperidine rings is 1. The normalized spacial score (nSPS) is 15.3. The van der Waals surface area contributed by atoms with Crippen molar-refractivity contribution in [1.29, 1.82) is 0 Å². The number of amides is 1. The van der Waals surface area contributed by atoms with E-state index in [1.165, 1.54) is 6.20 Å². The fraction of sp³-hybridized carbons (Fsp3) is 0.381. The third-order valence-electron chi connectivity index (χ3n) is 5.75. The number of aromatic carboxylic acids is 1. The lowest BCUT2D eigenvalue weighted by Crippen LogP contribution is -2.41. The molecular formula is C21H24N4O3. The molecule has 3 heterocycles. The number of para-hydroxylation sites is 1. The average molecular weight is 380 g/mol. The molecule has 2 aromatic heterocycles. The lowest BCUT2D eigenvalue weighted by atomic mass is 10.0. The fourth-order valence-electron chi connectivity index (χ4n) is 4.15. The van der Waals surface area contributed by atoms with Gasteiger partial charge in [-0.1, -0.05) is 18.2 Å². The quantitative estimate of drug-likeness (QED) is 0.754. The van der Waals surface area contributed by atoms with Crippen molar-refractivity contribution in [3.63, 3.8) is 0 Å². The van der Waals surface area contributed by atoms with E-state index in [2.05, 4.69) is 21.8 Å². The Kier molecular flexibility index (Phi) is 4.66. The molecule has 1 saturated heterocycles. The minimum absolute atomic E-state index is 0.117. The van der Waals surface area contributed by atoms with Gasteiger partial charge in [0.15, 0.2) is 0 Å². The fourth-order valence-corrected chi connectivity index (χ4v) is 4.15. The summed E-state index contributed by atoms with van der Waals surface area (Å²) >= 11 is 0. The van der Waals surface area contributed by atoms with Crippen LogP contribution in [-0.4, -0.2) is 49.3 Å². The summed E-state index contributed by atoms with van der Waals surface area (Å²) in [6.07, 6.45) is 2.96. The Balaban J connectivity index is 1.43. The van der Waals surface area contributed by atoms with Crippen LogP contribution in [0.25, 0.3) is 10.9 Å². The van der Waals surface area contributed by atoms with E-state index in [9.17, 15) is 14.7 Å². The van der Waals surface area contributed by atoms with Gasteiger partial charge in [0, 0.05) is 24.3 Å². The summed E-state index contributed by atoms with van der Waals surface area (Å²) in [5.41, 5.74) is 3.08. The van der Waals surface area contributed by atoms with Crippen molar-refractivity contribution in [2.45, 2.75) is 39.3 Å². The molecule has 0 atom stereocenters. The molecule has 28 heavy (non-hydrogen) atoms. The number of hydrogen-bond acceptors (Lipinski definition) is 3. The van der Waals surface area contributed by atoms with Crippen molar-refractivity contribution in [1.82, 2.24) is 19.2 Å². The van der Waals surface area contributed by atoms with Gasteiger partial charge < -0.3 is 14.6 Å². The summed E-state index contributed by atoms with van der Waals surface area (Å²) in [5, 5.41) is 14.6. The van der Waals surface area contributed by atoms with Gasteiger partial charge in [-0.05, 0) is 44.2 Å². The molecule has 3 aromatic rings. The van der Waals surface area contributed by atoms with Gasteiger partial charge in [-0.2, -0.15) is 5.10 Å². The molecular weight excluding hydrogens is 356 g/mol. The number of aryl methyl sites for hydroxylation is 1. The average Bonchev–Trinajstić information content (AvgIpc) is 3.22. The standard InChI is InChI=1S/C21H24N4O3/c1-14-11-16-5-3-4-6-19(16)24(14)13-20(26)23-9-7-17(8-10-23)25-15(2)18(12-22-25)21(27)28/h3-6,11-12,17H,7-10,13H2,1-2H3,(H,27,28). The van der Waals surface area contributed by atoms with Crippen LogP contribution in [0, 0.1) is 13.8 Å². The lowest BCUT2D eigenvalue weighted by Gasteiger charge is -2.33. The zero-order valence-corrected chi connectivity index (χ0v) is 16.1. The number of carboxylic acid groups (broad SMARTS) is 1. The van der Waals surface area contributed by atoms with Gasteiger partial charge in [0.1, 0.15) is 12.1 Å². The van der Waals surface area contributed by atoms with E-state index in [0.29, 0.717) is 25.3 Å². The van der Waals surface area contributed by atoms with Crippen molar-refractivity contribution in [3.05, 3.63) is 53.5 Å². The summed E-state index contributed by atoms with van der Waals surface area (Å²) in [4.78, 5) is 26.0. The van der Waals surface area contributed by atoms with Crippen LogP contribution in [0.5, 0.6) is 0 Å². The number of likely N-dealkylation sites (tertiary alicyclic amines) is 1. The molecule has 0 radical (unpaired) electrons. The van der Waals surface area contributed by atoms with Crippen LogP contribution in [0.1, 0.15) is 40.6 Å². The zero-order valence-electron chi connectivity index (χ0n) is 16.1. The van der Waals surface area contributed by atoms with E-state index < -0.39 is 5.97 Å². The van der Waals surface area contributed by atoms with Gasteiger partial charge in [-0.25, -0.2) is 4.79 Å². The largest absolute Gasteiger partial charge is 0.478 e. The Hall–Kier alpha value is -3.09. The first-order valence-electron chi connectivity index (χ1n) is 9.55. The Labute approximate surface area is 163 Å². The second-order valence-corrected chi connectivity index (χ2v) is 7.44. The number of carbonyl (C=O) groups excluding carboxylic acids is 1. The summed E-state index contributed by atoms with van der Waals surface area (Å²) in [7, 11) is 0. The molecule has 0 saturated carbocycles. The molecule has 1 aliphatic heterocycles. The van der Waals surface area contributed by atoms with Crippen molar-refractivity contribution in [2.75, 3.05) is 13.1 Å². The smallest absolute Gasteiger partial charge is 0.339 e.